The average Bonchev–Trinajstić information content (AvgIpc) is 2.56. The van der Waals surface area contributed by atoms with E-state index in [2.05, 4.69) is 4.72 Å². The van der Waals surface area contributed by atoms with Crippen LogP contribution in [0.25, 0.3) is 0 Å². The number of halogens is 1. The van der Waals surface area contributed by atoms with Crippen LogP contribution in [0.1, 0.15) is 24.2 Å². The lowest BCUT2D eigenvalue weighted by Crippen LogP contribution is -2.24. The number of aromatic carboxylic acids is 1. The Balaban J connectivity index is 2.40. The minimum Gasteiger partial charge on any atom is -0.478 e. The summed E-state index contributed by atoms with van der Waals surface area (Å²) in [6, 6.07) is 8.87. The maximum atomic E-state index is 13.3. The number of anilines is 2. The lowest BCUT2D eigenvalue weighted by Gasteiger charge is -2.23. The Morgan fingerprint density at radius 3 is 2.40 bits per heavy atom. The molecule has 6 nitrogen and oxygen atoms in total. The highest BCUT2D eigenvalue weighted by atomic mass is 32.2. The molecular weight excluding hydrogens is 347 g/mol. The minimum atomic E-state index is -4.02. The molecule has 0 aromatic heterocycles. The number of hydrogen-bond donors (Lipinski definition) is 2. The van der Waals surface area contributed by atoms with Gasteiger partial charge in [0.1, 0.15) is 5.82 Å². The summed E-state index contributed by atoms with van der Waals surface area (Å²) in [5, 5.41) is 9.43. The number of sulfonamides is 1. The molecule has 2 aromatic rings. The lowest BCUT2D eigenvalue weighted by atomic mass is 10.1. The van der Waals surface area contributed by atoms with Crippen LogP contribution in [0.15, 0.2) is 47.4 Å². The molecule has 0 heterocycles. The van der Waals surface area contributed by atoms with Crippen LogP contribution in [-0.4, -0.2) is 32.6 Å². The smallest absolute Gasteiger partial charge is 0.337 e. The largest absolute Gasteiger partial charge is 0.478 e. The van der Waals surface area contributed by atoms with Crippen molar-refractivity contribution in [2.45, 2.75) is 18.7 Å². The van der Waals surface area contributed by atoms with Gasteiger partial charge in [-0.15, -0.1) is 0 Å². The number of hydrogen-bond acceptors (Lipinski definition) is 4. The van der Waals surface area contributed by atoms with Gasteiger partial charge in [-0.3, -0.25) is 4.72 Å². The predicted octanol–water partition coefficient (Wildman–Crippen LogP) is 3.17. The Morgan fingerprint density at radius 2 is 1.84 bits per heavy atom. The number of nitrogens with zero attached hydrogens (tertiary/aromatic N) is 1. The number of carbonyl (C=O) groups is 1. The second kappa shape index (κ2) is 7.52. The monoisotopic (exact) mass is 366 g/mol. The van der Waals surface area contributed by atoms with Gasteiger partial charge in [0, 0.05) is 18.8 Å². The van der Waals surface area contributed by atoms with Crippen molar-refractivity contribution >= 4 is 27.4 Å². The van der Waals surface area contributed by atoms with E-state index in [4.69, 9.17) is 0 Å². The normalized spacial score (nSPS) is 11.2. The molecule has 2 N–H and O–H groups in total. The zero-order valence-electron chi connectivity index (χ0n) is 13.9. The van der Waals surface area contributed by atoms with Crippen LogP contribution in [0.2, 0.25) is 0 Å². The molecule has 134 valence electrons. The first-order valence-corrected chi connectivity index (χ1v) is 9.17. The number of nitrogens with one attached hydrogen (secondary N) is 1. The van der Waals surface area contributed by atoms with E-state index in [-0.39, 0.29) is 16.1 Å². The molecular formula is C17H19FN2O4S. The van der Waals surface area contributed by atoms with Gasteiger partial charge in [0.25, 0.3) is 10.0 Å². The molecule has 0 aliphatic heterocycles. The van der Waals surface area contributed by atoms with Crippen molar-refractivity contribution in [1.29, 1.82) is 0 Å². The third kappa shape index (κ3) is 4.27. The van der Waals surface area contributed by atoms with Crippen LogP contribution < -0.4 is 9.62 Å². The fourth-order valence-corrected chi connectivity index (χ4v) is 3.54. The molecule has 2 rings (SSSR count). The SMILES string of the molecule is CCN(CC)c1ccc(NS(=O)(=O)c2cccc(F)c2)cc1C(=O)O. The van der Waals surface area contributed by atoms with E-state index >= 15 is 0 Å². The Hall–Kier alpha value is -2.61. The number of carboxylic acid groups (broad SMARTS) is 1. The number of carboxylic acids is 1. The molecule has 0 spiro atoms. The molecule has 0 fully saturated rings. The first-order valence-electron chi connectivity index (χ1n) is 7.69. The first-order chi connectivity index (χ1) is 11.8. The van der Waals surface area contributed by atoms with Crippen molar-refractivity contribution in [3.63, 3.8) is 0 Å². The summed E-state index contributed by atoms with van der Waals surface area (Å²) in [5.41, 5.74) is 0.590. The van der Waals surface area contributed by atoms with Gasteiger partial charge in [0.15, 0.2) is 0 Å². The van der Waals surface area contributed by atoms with Crippen molar-refractivity contribution < 1.29 is 22.7 Å². The quantitative estimate of drug-likeness (QED) is 0.786. The summed E-state index contributed by atoms with van der Waals surface area (Å²) < 4.78 is 40.2. The van der Waals surface area contributed by atoms with Crippen molar-refractivity contribution in [2.24, 2.45) is 0 Å². The van der Waals surface area contributed by atoms with Gasteiger partial charge in [-0.05, 0) is 50.2 Å². The van der Waals surface area contributed by atoms with Crippen LogP contribution in [0.3, 0.4) is 0 Å². The molecule has 0 amide bonds. The molecule has 0 bridgehead atoms. The summed E-state index contributed by atoms with van der Waals surface area (Å²) in [5.74, 6) is -1.83. The predicted molar refractivity (Wildman–Crippen MR) is 94.2 cm³/mol. The Kier molecular flexibility index (Phi) is 5.63. The van der Waals surface area contributed by atoms with Gasteiger partial charge in [-0.1, -0.05) is 6.07 Å². The first kappa shape index (κ1) is 18.7. The average molecular weight is 366 g/mol. The Morgan fingerprint density at radius 1 is 1.16 bits per heavy atom. The van der Waals surface area contributed by atoms with Crippen LogP contribution in [0, 0.1) is 5.82 Å². The number of rotatable bonds is 7. The zero-order valence-corrected chi connectivity index (χ0v) is 14.7. The van der Waals surface area contributed by atoms with Crippen LogP contribution in [-0.2, 0) is 10.0 Å². The lowest BCUT2D eigenvalue weighted by molar-refractivity contribution is 0.0697. The Bertz CT molecular complexity index is 880. The van der Waals surface area contributed by atoms with Crippen LogP contribution in [0.4, 0.5) is 15.8 Å². The van der Waals surface area contributed by atoms with E-state index in [1.807, 2.05) is 18.7 Å². The molecule has 0 saturated heterocycles. The third-order valence-corrected chi connectivity index (χ3v) is 5.07. The summed E-state index contributed by atoms with van der Waals surface area (Å²) in [6.07, 6.45) is 0. The molecule has 0 aliphatic rings. The van der Waals surface area contributed by atoms with E-state index in [9.17, 15) is 22.7 Å². The van der Waals surface area contributed by atoms with Gasteiger partial charge < -0.3 is 10.0 Å². The van der Waals surface area contributed by atoms with Gasteiger partial charge in [0.2, 0.25) is 0 Å². The van der Waals surface area contributed by atoms with E-state index in [0.29, 0.717) is 18.8 Å². The fraction of sp³-hybridized carbons (Fsp3) is 0.235. The molecule has 0 atom stereocenters. The van der Waals surface area contributed by atoms with Gasteiger partial charge in [0.05, 0.1) is 16.1 Å². The summed E-state index contributed by atoms with van der Waals surface area (Å²) in [7, 11) is -4.02. The third-order valence-electron chi connectivity index (χ3n) is 3.69. The second-order valence-corrected chi connectivity index (χ2v) is 6.95. The van der Waals surface area contributed by atoms with Crippen molar-refractivity contribution in [1.82, 2.24) is 0 Å². The summed E-state index contributed by atoms with van der Waals surface area (Å²) in [6.45, 7) is 5.03. The molecule has 0 radical (unpaired) electrons. The van der Waals surface area contributed by atoms with Crippen molar-refractivity contribution in [3.05, 3.63) is 53.8 Å². The van der Waals surface area contributed by atoms with E-state index in [1.54, 1.807) is 6.07 Å². The van der Waals surface area contributed by atoms with Gasteiger partial charge in [-0.2, -0.15) is 0 Å². The van der Waals surface area contributed by atoms with Crippen molar-refractivity contribution in [3.8, 4) is 0 Å². The molecule has 0 unspecified atom stereocenters. The van der Waals surface area contributed by atoms with E-state index in [0.717, 1.165) is 12.1 Å². The maximum absolute atomic E-state index is 13.3. The highest BCUT2D eigenvalue weighted by Crippen LogP contribution is 2.26. The molecule has 0 saturated carbocycles. The maximum Gasteiger partial charge on any atom is 0.337 e. The standard InChI is InChI=1S/C17H19FN2O4S/c1-3-20(4-2)16-9-8-13(11-15(16)17(21)22)19-25(23,24)14-7-5-6-12(18)10-14/h5-11,19H,3-4H2,1-2H3,(H,21,22). The highest BCUT2D eigenvalue weighted by Gasteiger charge is 2.19. The Labute approximate surface area is 146 Å². The zero-order chi connectivity index (χ0) is 18.6. The van der Waals surface area contributed by atoms with Crippen molar-refractivity contribution in [2.75, 3.05) is 22.7 Å². The molecule has 25 heavy (non-hydrogen) atoms. The van der Waals surface area contributed by atoms with Gasteiger partial charge >= 0.3 is 5.97 Å². The van der Waals surface area contributed by atoms with Gasteiger partial charge in [-0.25, -0.2) is 17.6 Å². The fourth-order valence-electron chi connectivity index (χ4n) is 2.46. The minimum absolute atomic E-state index is 0.0110. The summed E-state index contributed by atoms with van der Waals surface area (Å²) in [4.78, 5) is 13.2. The second-order valence-electron chi connectivity index (χ2n) is 5.27. The molecule has 0 aliphatic carbocycles. The number of benzene rings is 2. The topological polar surface area (TPSA) is 86.7 Å². The highest BCUT2D eigenvalue weighted by molar-refractivity contribution is 7.92. The molecule has 2 aromatic carbocycles. The molecule has 8 heteroatoms. The van der Waals surface area contributed by atoms with E-state index in [1.165, 1.54) is 24.3 Å². The van der Waals surface area contributed by atoms with Crippen LogP contribution >= 0.6 is 0 Å². The summed E-state index contributed by atoms with van der Waals surface area (Å²) >= 11 is 0. The van der Waals surface area contributed by atoms with Crippen LogP contribution in [0.5, 0.6) is 0 Å². The van der Waals surface area contributed by atoms with E-state index < -0.39 is 21.8 Å².